The summed E-state index contributed by atoms with van der Waals surface area (Å²) in [5, 5.41) is 7.85. The molecule has 0 aromatic carbocycles. The van der Waals surface area contributed by atoms with Gasteiger partial charge in [0.25, 0.3) is 0 Å². The van der Waals surface area contributed by atoms with Gasteiger partial charge in [-0.2, -0.15) is 5.10 Å². The van der Waals surface area contributed by atoms with Gasteiger partial charge in [0.05, 0.1) is 11.4 Å². The van der Waals surface area contributed by atoms with E-state index >= 15 is 0 Å². The van der Waals surface area contributed by atoms with E-state index in [1.165, 1.54) is 0 Å². The minimum absolute atomic E-state index is 0.348. The van der Waals surface area contributed by atoms with E-state index in [2.05, 4.69) is 34.7 Å². The molecular weight excluding hydrogens is 232 g/mol. The molecule has 0 saturated heterocycles. The second-order valence-electron chi connectivity index (χ2n) is 3.81. The van der Waals surface area contributed by atoms with Crippen LogP contribution in [0, 0.1) is 0 Å². The van der Waals surface area contributed by atoms with Crippen LogP contribution in [-0.4, -0.2) is 21.8 Å². The molecule has 1 unspecified atom stereocenters. The maximum atomic E-state index is 5.12. The van der Waals surface area contributed by atoms with Gasteiger partial charge >= 0.3 is 0 Å². The third-order valence-electron chi connectivity index (χ3n) is 2.35. The van der Waals surface area contributed by atoms with Crippen LogP contribution in [0.1, 0.15) is 32.9 Å². The number of aromatic nitrogens is 1. The number of nitrogens with zero attached hydrogens (tertiary/aromatic N) is 2. The maximum Gasteiger partial charge on any atom is 0.187 e. The van der Waals surface area contributed by atoms with E-state index < -0.39 is 0 Å². The van der Waals surface area contributed by atoms with Crippen molar-refractivity contribution >= 4 is 23.0 Å². The summed E-state index contributed by atoms with van der Waals surface area (Å²) in [7, 11) is 0. The minimum atomic E-state index is 0.348. The first kappa shape index (κ1) is 13.6. The number of hydrogen-bond donors (Lipinski definition) is 2. The van der Waals surface area contributed by atoms with Crippen LogP contribution in [0.3, 0.4) is 0 Å². The Morgan fingerprint density at radius 2 is 2.29 bits per heavy atom. The Kier molecular flexibility index (Phi) is 5.56. The molecule has 17 heavy (non-hydrogen) atoms. The SMILES string of the molecule is CCC(C)NC(=S)N/N=C(\C)c1ccccn1. The minimum Gasteiger partial charge on any atom is -0.359 e. The molecule has 1 atom stereocenters. The van der Waals surface area contributed by atoms with E-state index in [-0.39, 0.29) is 0 Å². The highest BCUT2D eigenvalue weighted by Gasteiger charge is 2.01. The van der Waals surface area contributed by atoms with Gasteiger partial charge in [-0.1, -0.05) is 13.0 Å². The van der Waals surface area contributed by atoms with Crippen LogP contribution in [0.2, 0.25) is 0 Å². The summed E-state index contributed by atoms with van der Waals surface area (Å²) in [5.74, 6) is 0. The zero-order chi connectivity index (χ0) is 12.7. The Morgan fingerprint density at radius 1 is 1.53 bits per heavy atom. The zero-order valence-electron chi connectivity index (χ0n) is 10.4. The van der Waals surface area contributed by atoms with Gasteiger partial charge in [0.1, 0.15) is 0 Å². The Hall–Kier alpha value is -1.49. The molecule has 1 heterocycles. The Balaban J connectivity index is 2.51. The molecule has 0 spiro atoms. The molecule has 0 aliphatic heterocycles. The zero-order valence-corrected chi connectivity index (χ0v) is 11.2. The van der Waals surface area contributed by atoms with Crippen LogP contribution in [0.25, 0.3) is 0 Å². The first-order valence-corrected chi connectivity index (χ1v) is 6.06. The van der Waals surface area contributed by atoms with Crippen molar-refractivity contribution in [1.29, 1.82) is 0 Å². The number of rotatable bonds is 4. The molecule has 0 aliphatic rings. The van der Waals surface area contributed by atoms with Crippen molar-refractivity contribution in [2.45, 2.75) is 33.2 Å². The van der Waals surface area contributed by atoms with Gasteiger partial charge in [-0.25, -0.2) is 0 Å². The predicted octanol–water partition coefficient (Wildman–Crippen LogP) is 2.07. The molecule has 0 aliphatic carbocycles. The van der Waals surface area contributed by atoms with Crippen molar-refractivity contribution in [1.82, 2.24) is 15.7 Å². The predicted molar refractivity (Wildman–Crippen MR) is 75.1 cm³/mol. The Labute approximate surface area is 108 Å². The van der Waals surface area contributed by atoms with Crippen molar-refractivity contribution in [3.8, 4) is 0 Å². The summed E-state index contributed by atoms with van der Waals surface area (Å²) in [5.41, 5.74) is 4.46. The number of hydrogen-bond acceptors (Lipinski definition) is 3. The molecule has 0 bridgehead atoms. The van der Waals surface area contributed by atoms with Gasteiger partial charge in [0.15, 0.2) is 5.11 Å². The summed E-state index contributed by atoms with van der Waals surface area (Å²) in [6.07, 6.45) is 2.76. The lowest BCUT2D eigenvalue weighted by Crippen LogP contribution is -2.38. The molecule has 1 aromatic rings. The van der Waals surface area contributed by atoms with E-state index in [0.717, 1.165) is 17.8 Å². The normalized spacial score (nSPS) is 13.0. The summed E-state index contributed by atoms with van der Waals surface area (Å²) < 4.78 is 0. The molecule has 1 rings (SSSR count). The van der Waals surface area contributed by atoms with E-state index in [4.69, 9.17) is 12.2 Å². The summed E-state index contributed by atoms with van der Waals surface area (Å²) >= 11 is 5.12. The Bertz CT molecular complexity index is 389. The van der Waals surface area contributed by atoms with E-state index in [1.54, 1.807) is 6.20 Å². The average Bonchev–Trinajstić information content (AvgIpc) is 2.36. The fourth-order valence-corrected chi connectivity index (χ4v) is 1.37. The van der Waals surface area contributed by atoms with Crippen LogP contribution >= 0.6 is 12.2 Å². The molecule has 1 aromatic heterocycles. The van der Waals surface area contributed by atoms with Crippen LogP contribution < -0.4 is 10.7 Å². The molecule has 0 saturated carbocycles. The third-order valence-corrected chi connectivity index (χ3v) is 2.56. The summed E-state index contributed by atoms with van der Waals surface area (Å²) in [6.45, 7) is 6.06. The van der Waals surface area contributed by atoms with E-state index in [1.807, 2.05) is 25.1 Å². The molecule has 4 nitrogen and oxygen atoms in total. The average molecular weight is 250 g/mol. The number of pyridine rings is 1. The molecule has 0 amide bonds. The monoisotopic (exact) mass is 250 g/mol. The van der Waals surface area contributed by atoms with Gasteiger partial charge in [-0.15, -0.1) is 0 Å². The topological polar surface area (TPSA) is 49.3 Å². The van der Waals surface area contributed by atoms with Crippen LogP contribution in [0.5, 0.6) is 0 Å². The lowest BCUT2D eigenvalue weighted by molar-refractivity contribution is 0.635. The van der Waals surface area contributed by atoms with Crippen LogP contribution in [0.4, 0.5) is 0 Å². The number of hydrazone groups is 1. The van der Waals surface area contributed by atoms with E-state index in [9.17, 15) is 0 Å². The summed E-state index contributed by atoms with van der Waals surface area (Å²) in [6, 6.07) is 6.06. The molecule has 5 heteroatoms. The van der Waals surface area contributed by atoms with Gasteiger partial charge in [-0.3, -0.25) is 10.4 Å². The number of thiocarbonyl (C=S) groups is 1. The highest BCUT2D eigenvalue weighted by Crippen LogP contribution is 1.95. The number of nitrogens with one attached hydrogen (secondary N) is 2. The first-order valence-electron chi connectivity index (χ1n) is 5.65. The first-order chi connectivity index (χ1) is 8.13. The van der Waals surface area contributed by atoms with Gasteiger partial charge in [0.2, 0.25) is 0 Å². The largest absolute Gasteiger partial charge is 0.359 e. The highest BCUT2D eigenvalue weighted by atomic mass is 32.1. The second kappa shape index (κ2) is 6.96. The Morgan fingerprint density at radius 3 is 2.88 bits per heavy atom. The molecule has 0 radical (unpaired) electrons. The molecular formula is C12H18N4S. The molecule has 92 valence electrons. The lowest BCUT2D eigenvalue weighted by Gasteiger charge is -2.13. The quantitative estimate of drug-likeness (QED) is 0.488. The molecule has 0 fully saturated rings. The summed E-state index contributed by atoms with van der Waals surface area (Å²) in [4.78, 5) is 4.20. The fraction of sp³-hybridized carbons (Fsp3) is 0.417. The van der Waals surface area contributed by atoms with E-state index in [0.29, 0.717) is 11.2 Å². The lowest BCUT2D eigenvalue weighted by atomic mass is 10.3. The standard InChI is InChI=1S/C12H18N4S/c1-4-9(2)14-12(17)16-15-10(3)11-7-5-6-8-13-11/h5-9H,4H2,1-3H3,(H2,14,16,17)/b15-10+. The van der Waals surface area contributed by atoms with Crippen molar-refractivity contribution in [3.63, 3.8) is 0 Å². The van der Waals surface area contributed by atoms with Crippen LogP contribution in [-0.2, 0) is 0 Å². The van der Waals surface area contributed by atoms with Gasteiger partial charge in [-0.05, 0) is 44.6 Å². The smallest absolute Gasteiger partial charge is 0.187 e. The van der Waals surface area contributed by atoms with Gasteiger partial charge in [0, 0.05) is 12.2 Å². The van der Waals surface area contributed by atoms with Crippen LogP contribution in [0.15, 0.2) is 29.5 Å². The van der Waals surface area contributed by atoms with Crippen molar-refractivity contribution in [3.05, 3.63) is 30.1 Å². The molecule has 2 N–H and O–H groups in total. The highest BCUT2D eigenvalue weighted by molar-refractivity contribution is 7.80. The second-order valence-corrected chi connectivity index (χ2v) is 4.22. The third kappa shape index (κ3) is 4.91. The van der Waals surface area contributed by atoms with Crippen molar-refractivity contribution in [2.24, 2.45) is 5.10 Å². The van der Waals surface area contributed by atoms with Crippen molar-refractivity contribution in [2.75, 3.05) is 0 Å². The van der Waals surface area contributed by atoms with Gasteiger partial charge < -0.3 is 5.32 Å². The van der Waals surface area contributed by atoms with Crippen molar-refractivity contribution < 1.29 is 0 Å². The fourth-order valence-electron chi connectivity index (χ4n) is 1.13. The maximum absolute atomic E-state index is 5.12.